The quantitative estimate of drug-likeness (QED) is 0.311. The molecule has 39 heavy (non-hydrogen) atoms. The average molecular weight is 555 g/mol. The number of thiophene rings is 1. The van der Waals surface area contributed by atoms with E-state index in [-0.39, 0.29) is 54.7 Å². The number of allylic oxidation sites excluding steroid dienone is 1. The maximum absolute atomic E-state index is 14.1. The maximum Gasteiger partial charge on any atom is 0.320 e. The first-order valence-electron chi connectivity index (χ1n) is 14.6. The lowest BCUT2D eigenvalue weighted by atomic mass is 9.64. The molecule has 2 aliphatic carbocycles. The second-order valence-electron chi connectivity index (χ2n) is 11.9. The molecule has 7 nitrogen and oxygen atoms in total. The molecular formula is C31H42N2O5S. The van der Waals surface area contributed by atoms with Crippen molar-refractivity contribution < 1.29 is 23.9 Å². The van der Waals surface area contributed by atoms with E-state index in [4.69, 9.17) is 9.47 Å². The van der Waals surface area contributed by atoms with Crippen molar-refractivity contribution >= 4 is 29.1 Å². The number of carbonyl (C=O) groups excluding carboxylic acids is 3. The van der Waals surface area contributed by atoms with E-state index in [2.05, 4.69) is 25.2 Å². The van der Waals surface area contributed by atoms with Crippen molar-refractivity contribution in [2.75, 3.05) is 13.7 Å². The molecule has 0 radical (unpaired) electrons. The lowest BCUT2D eigenvalue weighted by molar-refractivity contribution is -0.182. The Bertz CT molecular complexity index is 1120. The van der Waals surface area contributed by atoms with Gasteiger partial charge in [0, 0.05) is 29.5 Å². The van der Waals surface area contributed by atoms with Crippen LogP contribution in [0.3, 0.4) is 0 Å². The molecule has 0 unspecified atom stereocenters. The standard InChI is InChI=1S/C31H42N2O5S/c1-20(2)25-17-26-31(30(36)37-3,28(38-25)22-11-12-22)18-23(16-27(34)32-19-24-10-7-15-39-24)29(35)33(26)14-13-21-8-5-4-6-9-21/h7-8,10,15,17,20,22-23,25,28H,4-6,9,11-14,16,18-19H2,1-3H3,(H,32,34)/t23-,25+,28+,31+/m0/s1. The van der Waals surface area contributed by atoms with Crippen LogP contribution in [0.1, 0.15) is 76.5 Å². The van der Waals surface area contributed by atoms with Crippen LogP contribution in [0.15, 0.2) is 40.9 Å². The normalized spacial score (nSPS) is 29.0. The van der Waals surface area contributed by atoms with Gasteiger partial charge >= 0.3 is 5.97 Å². The van der Waals surface area contributed by atoms with Crippen LogP contribution in [0, 0.1) is 23.2 Å². The van der Waals surface area contributed by atoms with Crippen molar-refractivity contribution in [3.63, 3.8) is 0 Å². The van der Waals surface area contributed by atoms with Gasteiger partial charge < -0.3 is 19.7 Å². The fraction of sp³-hybridized carbons (Fsp3) is 0.645. The molecule has 2 amide bonds. The van der Waals surface area contributed by atoms with Crippen molar-refractivity contribution in [3.05, 3.63) is 45.8 Å². The van der Waals surface area contributed by atoms with E-state index in [9.17, 15) is 14.4 Å². The monoisotopic (exact) mass is 554 g/mol. The largest absolute Gasteiger partial charge is 0.468 e. The molecular weight excluding hydrogens is 512 g/mol. The van der Waals surface area contributed by atoms with Gasteiger partial charge in [0.1, 0.15) is 5.41 Å². The topological polar surface area (TPSA) is 84.9 Å². The Balaban J connectivity index is 1.48. The average Bonchev–Trinajstić information content (AvgIpc) is 3.65. The van der Waals surface area contributed by atoms with E-state index in [0.29, 0.717) is 13.1 Å². The molecule has 212 valence electrons. The number of esters is 1. The van der Waals surface area contributed by atoms with Crippen LogP contribution >= 0.6 is 11.3 Å². The summed E-state index contributed by atoms with van der Waals surface area (Å²) in [5.74, 6) is -0.769. The Hall–Kier alpha value is -2.45. The summed E-state index contributed by atoms with van der Waals surface area (Å²) in [6.07, 6.45) is 11.3. The van der Waals surface area contributed by atoms with Gasteiger partial charge in [-0.3, -0.25) is 14.4 Å². The number of hydrogen-bond donors (Lipinski definition) is 1. The number of amides is 2. The number of nitrogens with one attached hydrogen (secondary N) is 1. The molecule has 2 fully saturated rings. The molecule has 0 spiro atoms. The molecule has 1 aromatic heterocycles. The molecule has 1 N–H and O–H groups in total. The van der Waals surface area contributed by atoms with E-state index in [0.717, 1.165) is 42.7 Å². The van der Waals surface area contributed by atoms with E-state index in [1.807, 2.05) is 28.5 Å². The van der Waals surface area contributed by atoms with Crippen LogP contribution < -0.4 is 5.32 Å². The minimum absolute atomic E-state index is 0.0421. The lowest BCUT2D eigenvalue weighted by Gasteiger charge is -2.53. The van der Waals surface area contributed by atoms with Crippen LogP contribution in [0.25, 0.3) is 0 Å². The number of fused-ring (bicyclic) bond motifs is 1. The predicted octanol–water partition coefficient (Wildman–Crippen LogP) is 5.37. The van der Waals surface area contributed by atoms with Crippen molar-refractivity contribution in [3.8, 4) is 0 Å². The van der Waals surface area contributed by atoms with Gasteiger partial charge in [-0.25, -0.2) is 0 Å². The lowest BCUT2D eigenvalue weighted by Crippen LogP contribution is -2.62. The summed E-state index contributed by atoms with van der Waals surface area (Å²) in [6, 6.07) is 3.93. The fourth-order valence-corrected chi connectivity index (χ4v) is 7.21. The van der Waals surface area contributed by atoms with Crippen molar-refractivity contribution in [2.24, 2.45) is 23.2 Å². The summed E-state index contributed by atoms with van der Waals surface area (Å²) in [7, 11) is 1.42. The predicted molar refractivity (Wildman–Crippen MR) is 151 cm³/mol. The molecule has 8 heteroatoms. The Morgan fingerprint density at radius 1 is 1.28 bits per heavy atom. The third kappa shape index (κ3) is 5.87. The first-order chi connectivity index (χ1) is 18.8. The van der Waals surface area contributed by atoms with Gasteiger partial charge in [0.15, 0.2) is 0 Å². The molecule has 1 saturated heterocycles. The first kappa shape index (κ1) is 28.1. The second kappa shape index (κ2) is 12.0. The number of likely N-dealkylation sites (tertiary alicyclic amines) is 1. The second-order valence-corrected chi connectivity index (χ2v) is 13.0. The fourth-order valence-electron chi connectivity index (χ4n) is 6.56. The van der Waals surface area contributed by atoms with Gasteiger partial charge in [-0.05, 0) is 80.7 Å². The SMILES string of the molecule is COC(=O)[C@]12C[C@H](CC(=O)NCc3cccs3)C(=O)N(CCC3=CCCCC3)C1=C[C@H](C(C)C)O[C@@H]2C1CC1. The first-order valence-corrected chi connectivity index (χ1v) is 15.5. The van der Waals surface area contributed by atoms with Crippen LogP contribution in [0.2, 0.25) is 0 Å². The number of methoxy groups -OCH3 is 1. The van der Waals surface area contributed by atoms with Gasteiger partial charge in [0.25, 0.3) is 0 Å². The highest BCUT2D eigenvalue weighted by molar-refractivity contribution is 7.09. The number of hydrogen-bond acceptors (Lipinski definition) is 6. The van der Waals surface area contributed by atoms with E-state index in [1.54, 1.807) is 11.3 Å². The Labute approximate surface area is 236 Å². The van der Waals surface area contributed by atoms with E-state index in [1.165, 1.54) is 25.5 Å². The third-order valence-electron chi connectivity index (χ3n) is 8.81. The highest BCUT2D eigenvalue weighted by Gasteiger charge is 2.63. The summed E-state index contributed by atoms with van der Waals surface area (Å²) < 4.78 is 12.1. The zero-order valence-electron chi connectivity index (χ0n) is 23.4. The number of carbonyl (C=O) groups is 3. The minimum atomic E-state index is -1.09. The molecule has 3 heterocycles. The molecule has 2 aliphatic heterocycles. The summed E-state index contributed by atoms with van der Waals surface area (Å²) in [5, 5.41) is 4.95. The molecule has 4 atom stereocenters. The third-order valence-corrected chi connectivity index (χ3v) is 9.69. The van der Waals surface area contributed by atoms with Gasteiger partial charge in [-0.1, -0.05) is 31.6 Å². The van der Waals surface area contributed by atoms with Crippen LogP contribution in [-0.2, 0) is 30.4 Å². The zero-order chi connectivity index (χ0) is 27.6. The Morgan fingerprint density at radius 2 is 2.10 bits per heavy atom. The summed E-state index contributed by atoms with van der Waals surface area (Å²) >= 11 is 1.59. The van der Waals surface area contributed by atoms with Crippen molar-refractivity contribution in [1.82, 2.24) is 10.2 Å². The summed E-state index contributed by atoms with van der Waals surface area (Å²) in [5.41, 5.74) is 1.03. The van der Waals surface area contributed by atoms with Crippen molar-refractivity contribution in [2.45, 2.75) is 90.4 Å². The number of piperidine rings is 1. The van der Waals surface area contributed by atoms with Gasteiger partial charge in [0.2, 0.25) is 11.8 Å². The van der Waals surface area contributed by atoms with Crippen LogP contribution in [-0.4, -0.2) is 48.5 Å². The zero-order valence-corrected chi connectivity index (χ0v) is 24.3. The van der Waals surface area contributed by atoms with Gasteiger partial charge in [-0.2, -0.15) is 0 Å². The number of rotatable bonds is 10. The van der Waals surface area contributed by atoms with Crippen LogP contribution in [0.4, 0.5) is 0 Å². The summed E-state index contributed by atoms with van der Waals surface area (Å²) in [6.45, 7) is 5.16. The molecule has 4 aliphatic rings. The highest BCUT2D eigenvalue weighted by atomic mass is 32.1. The molecule has 5 rings (SSSR count). The molecule has 0 bridgehead atoms. The van der Waals surface area contributed by atoms with Gasteiger partial charge in [-0.15, -0.1) is 11.3 Å². The van der Waals surface area contributed by atoms with Gasteiger partial charge in [0.05, 0.1) is 25.9 Å². The molecule has 0 aromatic carbocycles. The summed E-state index contributed by atoms with van der Waals surface area (Å²) in [4.78, 5) is 43.9. The van der Waals surface area contributed by atoms with E-state index >= 15 is 0 Å². The smallest absolute Gasteiger partial charge is 0.320 e. The van der Waals surface area contributed by atoms with Crippen LogP contribution in [0.5, 0.6) is 0 Å². The molecule has 1 aromatic rings. The van der Waals surface area contributed by atoms with Crippen molar-refractivity contribution in [1.29, 1.82) is 0 Å². The number of nitrogens with zero attached hydrogens (tertiary/aromatic N) is 1. The molecule has 1 saturated carbocycles. The minimum Gasteiger partial charge on any atom is -0.468 e. The number of ether oxygens (including phenoxy) is 2. The Morgan fingerprint density at radius 3 is 2.74 bits per heavy atom. The highest BCUT2D eigenvalue weighted by Crippen LogP contribution is 2.56. The van der Waals surface area contributed by atoms with E-state index < -0.39 is 11.3 Å². The Kier molecular flexibility index (Phi) is 8.62. The maximum atomic E-state index is 14.1.